The highest BCUT2D eigenvalue weighted by atomic mass is 16.7. The van der Waals surface area contributed by atoms with Crippen molar-refractivity contribution in [3.8, 4) is 33.9 Å². The maximum atomic E-state index is 12.5. The molecule has 0 radical (unpaired) electrons. The topological polar surface area (TPSA) is 101 Å². The quantitative estimate of drug-likeness (QED) is 0.221. The van der Waals surface area contributed by atoms with Gasteiger partial charge in [-0.25, -0.2) is 9.78 Å². The summed E-state index contributed by atoms with van der Waals surface area (Å²) in [5, 5.41) is 10.8. The molecule has 0 spiro atoms. The highest BCUT2D eigenvalue weighted by Gasteiger charge is 2.25. The number of fused-ring (bicyclic) bond motifs is 1. The molecule has 9 heteroatoms. The molecule has 9 nitrogen and oxygen atoms in total. The fraction of sp³-hybridized carbons (Fsp3) is 0.286. The van der Waals surface area contributed by atoms with Gasteiger partial charge in [-0.05, 0) is 36.8 Å². The molecule has 0 unspecified atom stereocenters. The summed E-state index contributed by atoms with van der Waals surface area (Å²) >= 11 is 0. The van der Waals surface area contributed by atoms with Crippen molar-refractivity contribution in [2.45, 2.75) is 13.5 Å². The van der Waals surface area contributed by atoms with Crippen molar-refractivity contribution in [1.29, 1.82) is 0 Å². The standard InChI is InChI=1S/C28H30N2O7/c1-4-35-28(32)23-13-12-22-25(19-8-6-5-7-9-19)26(30(14-15-31)27(22)29-23)21-11-10-20(36-17-33-2)16-24(21)37-18-34-3/h5-13,16,31H,4,14-15,17-18H2,1-3H3. The maximum Gasteiger partial charge on any atom is 0.356 e. The number of pyridine rings is 1. The van der Waals surface area contributed by atoms with Gasteiger partial charge in [0, 0.05) is 43.3 Å². The Hall–Kier alpha value is -3.92. The molecular weight excluding hydrogens is 476 g/mol. The number of aliphatic hydroxyl groups is 1. The number of carbonyl (C=O) groups excluding carboxylic acids is 1. The lowest BCUT2D eigenvalue weighted by Crippen LogP contribution is -2.10. The smallest absolute Gasteiger partial charge is 0.356 e. The van der Waals surface area contributed by atoms with Crippen molar-refractivity contribution in [2.75, 3.05) is 41.0 Å². The zero-order valence-corrected chi connectivity index (χ0v) is 21.1. The van der Waals surface area contributed by atoms with Gasteiger partial charge in [-0.3, -0.25) is 0 Å². The second-order valence-corrected chi connectivity index (χ2v) is 8.01. The maximum absolute atomic E-state index is 12.5. The van der Waals surface area contributed by atoms with Crippen LogP contribution in [0.25, 0.3) is 33.4 Å². The Labute approximate surface area is 215 Å². The van der Waals surface area contributed by atoms with Crippen molar-refractivity contribution < 1.29 is 33.6 Å². The van der Waals surface area contributed by atoms with Gasteiger partial charge in [0.15, 0.2) is 19.3 Å². The summed E-state index contributed by atoms with van der Waals surface area (Å²) in [5.41, 5.74) is 4.09. The Morgan fingerprint density at radius 1 is 0.973 bits per heavy atom. The van der Waals surface area contributed by atoms with Crippen LogP contribution in [0.2, 0.25) is 0 Å². The van der Waals surface area contributed by atoms with Crippen LogP contribution in [0.15, 0.2) is 60.7 Å². The van der Waals surface area contributed by atoms with Crippen molar-refractivity contribution >= 4 is 17.0 Å². The van der Waals surface area contributed by atoms with Crippen LogP contribution in [0.4, 0.5) is 0 Å². The van der Waals surface area contributed by atoms with E-state index in [1.54, 1.807) is 33.3 Å². The van der Waals surface area contributed by atoms with Crippen molar-refractivity contribution in [2.24, 2.45) is 0 Å². The number of methoxy groups -OCH3 is 2. The number of ether oxygens (including phenoxy) is 5. The van der Waals surface area contributed by atoms with E-state index in [2.05, 4.69) is 4.98 Å². The number of carbonyl (C=O) groups is 1. The van der Waals surface area contributed by atoms with Crippen LogP contribution in [0.3, 0.4) is 0 Å². The molecule has 2 aromatic carbocycles. The van der Waals surface area contributed by atoms with E-state index in [0.717, 1.165) is 27.8 Å². The third-order valence-corrected chi connectivity index (χ3v) is 5.66. The van der Waals surface area contributed by atoms with E-state index in [1.165, 1.54) is 0 Å². The van der Waals surface area contributed by atoms with Crippen LogP contribution in [-0.2, 0) is 20.8 Å². The normalized spacial score (nSPS) is 11.0. The summed E-state index contributed by atoms with van der Waals surface area (Å²) < 4.78 is 28.9. The number of aromatic nitrogens is 2. The Kier molecular flexibility index (Phi) is 8.73. The highest BCUT2D eigenvalue weighted by Crippen LogP contribution is 2.44. The second kappa shape index (κ2) is 12.4. The third kappa shape index (κ3) is 5.59. The van der Waals surface area contributed by atoms with Crippen LogP contribution in [0, 0.1) is 0 Å². The van der Waals surface area contributed by atoms with Crippen molar-refractivity contribution in [1.82, 2.24) is 9.55 Å². The molecule has 0 fully saturated rings. The van der Waals surface area contributed by atoms with E-state index in [1.807, 2.05) is 53.1 Å². The number of aliphatic hydroxyl groups excluding tert-OH is 1. The lowest BCUT2D eigenvalue weighted by Gasteiger charge is -2.17. The second-order valence-electron chi connectivity index (χ2n) is 8.01. The van der Waals surface area contributed by atoms with Gasteiger partial charge in [-0.2, -0.15) is 0 Å². The van der Waals surface area contributed by atoms with Crippen LogP contribution < -0.4 is 9.47 Å². The van der Waals surface area contributed by atoms with E-state index in [-0.39, 0.29) is 39.0 Å². The van der Waals surface area contributed by atoms with Crippen LogP contribution >= 0.6 is 0 Å². The zero-order chi connectivity index (χ0) is 26.2. The number of benzene rings is 2. The molecule has 2 aromatic heterocycles. The van der Waals surface area contributed by atoms with Crippen LogP contribution in [0.5, 0.6) is 11.5 Å². The molecule has 0 aliphatic carbocycles. The van der Waals surface area contributed by atoms with Gasteiger partial charge in [-0.1, -0.05) is 30.3 Å². The first-order valence-corrected chi connectivity index (χ1v) is 11.9. The number of hydrogen-bond donors (Lipinski definition) is 1. The Morgan fingerprint density at radius 2 is 1.73 bits per heavy atom. The molecule has 0 saturated carbocycles. The minimum atomic E-state index is -0.507. The molecule has 1 N–H and O–H groups in total. The van der Waals surface area contributed by atoms with E-state index in [9.17, 15) is 9.90 Å². The van der Waals surface area contributed by atoms with E-state index in [0.29, 0.717) is 17.1 Å². The largest absolute Gasteiger partial charge is 0.467 e. The molecule has 194 valence electrons. The number of nitrogens with zero attached hydrogens (tertiary/aromatic N) is 2. The zero-order valence-electron chi connectivity index (χ0n) is 21.1. The first kappa shape index (κ1) is 26.2. The molecule has 2 heterocycles. The molecule has 0 atom stereocenters. The van der Waals surface area contributed by atoms with E-state index in [4.69, 9.17) is 23.7 Å². The Bertz CT molecular complexity index is 1350. The summed E-state index contributed by atoms with van der Waals surface area (Å²) in [6.45, 7) is 2.20. The molecule has 4 aromatic rings. The Morgan fingerprint density at radius 3 is 2.43 bits per heavy atom. The van der Waals surface area contributed by atoms with Gasteiger partial charge in [0.1, 0.15) is 17.1 Å². The predicted molar refractivity (Wildman–Crippen MR) is 139 cm³/mol. The first-order valence-electron chi connectivity index (χ1n) is 11.9. The summed E-state index contributed by atoms with van der Waals surface area (Å²) in [7, 11) is 3.09. The molecule has 0 aliphatic heterocycles. The van der Waals surface area contributed by atoms with Crippen LogP contribution in [-0.4, -0.2) is 61.6 Å². The van der Waals surface area contributed by atoms with Crippen LogP contribution in [0.1, 0.15) is 17.4 Å². The van der Waals surface area contributed by atoms with Crippen molar-refractivity contribution in [3.63, 3.8) is 0 Å². The number of rotatable bonds is 12. The first-order chi connectivity index (χ1) is 18.1. The molecule has 4 rings (SSSR count). The fourth-order valence-corrected chi connectivity index (χ4v) is 4.19. The number of hydrogen-bond acceptors (Lipinski definition) is 8. The van der Waals surface area contributed by atoms with E-state index >= 15 is 0 Å². The average molecular weight is 507 g/mol. The SMILES string of the molecule is CCOC(=O)c1ccc2c(-c3ccccc3)c(-c3ccc(OCOC)cc3OCOC)n(CCO)c2n1. The summed E-state index contributed by atoms with van der Waals surface area (Å²) in [6, 6.07) is 18.9. The van der Waals surface area contributed by atoms with Gasteiger partial charge < -0.3 is 33.4 Å². The summed E-state index contributed by atoms with van der Waals surface area (Å²) in [4.78, 5) is 17.1. The van der Waals surface area contributed by atoms with Crippen molar-refractivity contribution in [3.05, 3.63) is 66.4 Å². The molecular formula is C28H30N2O7. The Balaban J connectivity index is 2.03. The lowest BCUT2D eigenvalue weighted by molar-refractivity contribution is 0.0462. The molecule has 0 saturated heterocycles. The molecule has 0 amide bonds. The molecule has 0 aliphatic rings. The van der Waals surface area contributed by atoms with Gasteiger partial charge in [0.25, 0.3) is 0 Å². The van der Waals surface area contributed by atoms with Gasteiger partial charge in [-0.15, -0.1) is 0 Å². The van der Waals surface area contributed by atoms with Gasteiger partial charge in [0.05, 0.1) is 18.9 Å². The monoisotopic (exact) mass is 506 g/mol. The summed E-state index contributed by atoms with van der Waals surface area (Å²) in [5.74, 6) is 0.568. The minimum Gasteiger partial charge on any atom is -0.467 e. The molecule has 0 bridgehead atoms. The predicted octanol–water partition coefficient (Wildman–Crippen LogP) is 4.50. The lowest BCUT2D eigenvalue weighted by atomic mass is 9.98. The minimum absolute atomic E-state index is 0.0207. The molecule has 37 heavy (non-hydrogen) atoms. The fourth-order valence-electron chi connectivity index (χ4n) is 4.19. The van der Waals surface area contributed by atoms with Gasteiger partial charge in [0.2, 0.25) is 0 Å². The number of esters is 1. The average Bonchev–Trinajstić information content (AvgIpc) is 3.24. The van der Waals surface area contributed by atoms with E-state index < -0.39 is 5.97 Å². The summed E-state index contributed by atoms with van der Waals surface area (Å²) in [6.07, 6.45) is 0. The highest BCUT2D eigenvalue weighted by molar-refractivity contribution is 6.05. The third-order valence-electron chi connectivity index (χ3n) is 5.66. The van der Waals surface area contributed by atoms with Gasteiger partial charge >= 0.3 is 5.97 Å².